The van der Waals surface area contributed by atoms with E-state index in [1.54, 1.807) is 0 Å². The molecule has 2 N–H and O–H groups in total. The maximum atomic E-state index is 13.2. The number of carbonyl (C=O) groups excluding carboxylic acids is 2. The van der Waals surface area contributed by atoms with Crippen molar-refractivity contribution in [1.82, 2.24) is 0 Å². The number of unbranched alkanes of at least 4 members (excludes halogenated alkanes) is 11. The normalized spacial score (nSPS) is 27.2. The first kappa shape index (κ1) is 15.4. The number of allylic oxidation sites excluding steroid dienone is 2. The van der Waals surface area contributed by atoms with E-state index in [0.29, 0.717) is 12.8 Å². The molecule has 0 aliphatic heterocycles. The fourth-order valence-corrected chi connectivity index (χ4v) is 3.87. The molecule has 0 aromatic rings. The zero-order valence-electron chi connectivity index (χ0n) is 57.3. The Hall–Kier alpha value is -1.21. The van der Waals surface area contributed by atoms with Crippen molar-refractivity contribution in [1.29, 1.82) is 0 Å². The summed E-state index contributed by atoms with van der Waals surface area (Å²) in [6, 6.07) is 0. The first-order valence-electron chi connectivity index (χ1n) is 30.7. The highest BCUT2D eigenvalue weighted by Crippen LogP contribution is 2.36. The molecule has 0 spiro atoms. The van der Waals surface area contributed by atoms with Crippen LogP contribution < -0.4 is 0 Å². The van der Waals surface area contributed by atoms with Crippen molar-refractivity contribution in [2.24, 2.45) is 0 Å². The molecule has 0 aromatic carbocycles. The van der Waals surface area contributed by atoms with E-state index >= 15 is 0 Å². The number of hydrogen-bond acceptors (Lipinski definition) is 6. The first-order valence-corrected chi connectivity index (χ1v) is 16.7. The quantitative estimate of drug-likeness (QED) is 0.0289. The largest absolute Gasteiger partial charge is 0.469 e. The summed E-state index contributed by atoms with van der Waals surface area (Å²) in [5, 5.41) is 0. The van der Waals surface area contributed by atoms with Crippen LogP contribution in [0, 0.1) is 0 Å². The lowest BCUT2D eigenvalue weighted by molar-refractivity contribution is -0.161. The van der Waals surface area contributed by atoms with E-state index in [1.165, 1.54) is 32.1 Å². The summed E-state index contributed by atoms with van der Waals surface area (Å²) in [6.45, 7) is -4.69. The molecule has 0 rings (SSSR count). The number of rotatable bonds is 35. The molecule has 0 fully saturated rings. The van der Waals surface area contributed by atoms with E-state index in [2.05, 4.69) is 28.3 Å². The molecule has 0 saturated heterocycles. The summed E-state index contributed by atoms with van der Waals surface area (Å²) in [7, 11) is -5.36. The number of phosphoric ester groups is 1. The van der Waals surface area contributed by atoms with Gasteiger partial charge >= 0.3 is 19.8 Å². The van der Waals surface area contributed by atoms with Gasteiger partial charge in [0.05, 0.1) is 6.61 Å². The maximum Gasteiger partial charge on any atom is 0.469 e. The van der Waals surface area contributed by atoms with Crippen molar-refractivity contribution in [3.63, 3.8) is 0 Å². The van der Waals surface area contributed by atoms with Crippen LogP contribution >= 0.6 is 7.82 Å². The maximum absolute atomic E-state index is 13.2. The van der Waals surface area contributed by atoms with Crippen molar-refractivity contribution in [2.75, 3.05) is 13.2 Å². The Bertz CT molecular complexity index is 2000. The first-order chi connectivity index (χ1) is 34.0. The Balaban J connectivity index is 6.61. The number of hydrogen-bond donors (Lipinski definition) is 2. The second kappa shape index (κ2) is 33.7. The monoisotopic (exact) mass is 706 g/mol. The van der Waals surface area contributed by atoms with E-state index < -0.39 is 135 Å². The van der Waals surface area contributed by atoms with Gasteiger partial charge in [-0.15, -0.1) is 0 Å². The van der Waals surface area contributed by atoms with Gasteiger partial charge in [-0.1, -0.05) is 154 Å². The van der Waals surface area contributed by atoms with Crippen LogP contribution in [-0.4, -0.2) is 41.0 Å². The Labute approximate surface area is 326 Å². The molecular formula is C37H71O8P. The topological polar surface area (TPSA) is 119 Å². The van der Waals surface area contributed by atoms with Crippen molar-refractivity contribution in [3.8, 4) is 0 Å². The lowest BCUT2D eigenvalue weighted by atomic mass is 10.0. The van der Waals surface area contributed by atoms with Gasteiger partial charge in [-0.2, -0.15) is 0 Å². The molecule has 0 unspecified atom stereocenters. The Morgan fingerprint density at radius 2 is 1.20 bits per heavy atom. The predicted molar refractivity (Wildman–Crippen MR) is 189 cm³/mol. The van der Waals surface area contributed by atoms with Crippen molar-refractivity contribution in [3.05, 3.63) is 12.2 Å². The Morgan fingerprint density at radius 1 is 0.696 bits per heavy atom. The van der Waals surface area contributed by atoms with Gasteiger partial charge in [-0.05, 0) is 38.5 Å². The van der Waals surface area contributed by atoms with E-state index in [1.807, 2.05) is 0 Å². The second-order valence-electron chi connectivity index (χ2n) is 9.58. The van der Waals surface area contributed by atoms with Gasteiger partial charge in [-0.3, -0.25) is 14.1 Å². The van der Waals surface area contributed by atoms with Crippen LogP contribution in [0.4, 0.5) is 0 Å². The van der Waals surface area contributed by atoms with Crippen LogP contribution in [0.15, 0.2) is 12.2 Å². The van der Waals surface area contributed by atoms with E-state index in [9.17, 15) is 23.9 Å². The molecule has 0 aliphatic carbocycles. The lowest BCUT2D eigenvalue weighted by Gasteiger charge is -2.18. The molecule has 0 amide bonds. The highest BCUT2D eigenvalue weighted by atomic mass is 31.2. The molecule has 0 heterocycles. The Morgan fingerprint density at radius 3 is 1.74 bits per heavy atom. The lowest BCUT2D eigenvalue weighted by Crippen LogP contribution is -2.29. The summed E-state index contributed by atoms with van der Waals surface area (Å²) in [5.41, 5.74) is 0. The van der Waals surface area contributed by atoms with Crippen molar-refractivity contribution >= 4 is 19.8 Å². The SMILES string of the molecule is [2H]C([2H])([2H])C([2H])([2H])C([2H])([2H])C([2H])([2H])C([2H])([2H])C([2H])([2H])C([2H])([2H])C([2H])([2H])C([2H])([2H])C([2H])([2H])C([2H])([2H])C([2H])([2H])C([2H])([2H])C([2H])([2H])C([2H])([2H])C(=O)OC[C@H](COP(=O)(O)O)OC(=O)CCCCCCC/C=C\CCCCCCCC. The van der Waals surface area contributed by atoms with Crippen LogP contribution in [-0.2, 0) is 28.2 Å². The summed E-state index contributed by atoms with van der Waals surface area (Å²) < 4.78 is 278. The third-order valence-electron chi connectivity index (χ3n) is 5.68. The predicted octanol–water partition coefficient (Wildman–Crippen LogP) is 11.1. The highest BCUT2D eigenvalue weighted by molar-refractivity contribution is 7.46. The van der Waals surface area contributed by atoms with Crippen LogP contribution in [0.25, 0.3) is 0 Å². The number of ether oxygens (including phenoxy) is 2. The highest BCUT2D eigenvalue weighted by Gasteiger charge is 2.22. The fraction of sp³-hybridized carbons (Fsp3) is 0.892. The molecule has 8 nitrogen and oxygen atoms in total. The average Bonchev–Trinajstić information content (AvgIpc) is 3.26. The van der Waals surface area contributed by atoms with Gasteiger partial charge in [0.15, 0.2) is 6.10 Å². The molecule has 0 aromatic heterocycles. The molecular weight excluding hydrogens is 603 g/mol. The van der Waals surface area contributed by atoms with E-state index in [-0.39, 0.29) is 12.8 Å². The summed E-state index contributed by atoms with van der Waals surface area (Å²) in [6.07, 6.45) is -55.8. The van der Waals surface area contributed by atoms with Gasteiger partial charge in [0.1, 0.15) is 6.61 Å². The summed E-state index contributed by atoms with van der Waals surface area (Å²) in [4.78, 5) is 44.3. The van der Waals surface area contributed by atoms with Crippen molar-refractivity contribution in [2.45, 2.75) is 199 Å². The standard InChI is InChI=1S/C37H71O8P/c1-3-5-7-9-11-13-15-17-18-20-22-24-26-28-30-32-37(39)45-35(34-44-46(40,41)42)33-43-36(38)31-29-27-25-23-21-19-16-14-12-10-8-6-4-2/h17-18,35H,3-16,19-34H2,1-2H3,(H2,40,41,42)/b18-17-/t35-/m1/s1/i2D3,4D2,6D2,8D2,10D2,12D2,14D2,16D2,19D2,21D2,23D2,25D2,27D2,29D2,31D2. The second-order valence-corrected chi connectivity index (χ2v) is 10.8. The van der Waals surface area contributed by atoms with Crippen LogP contribution in [0.1, 0.15) is 235 Å². The van der Waals surface area contributed by atoms with E-state index in [4.69, 9.17) is 47.2 Å². The molecule has 0 aliphatic rings. The minimum atomic E-state index is -5.36. The summed E-state index contributed by atoms with van der Waals surface area (Å²) >= 11 is 0. The number of esters is 2. The average molecular weight is 706 g/mol. The smallest absolute Gasteiger partial charge is 0.462 e. The van der Waals surface area contributed by atoms with Crippen molar-refractivity contribution < 1.29 is 80.4 Å². The van der Waals surface area contributed by atoms with Gasteiger partial charge in [0.2, 0.25) is 0 Å². The van der Waals surface area contributed by atoms with Gasteiger partial charge in [0, 0.05) is 55.3 Å². The van der Waals surface area contributed by atoms with Crippen LogP contribution in [0.3, 0.4) is 0 Å². The van der Waals surface area contributed by atoms with Crippen LogP contribution in [0.2, 0.25) is 0 Å². The molecule has 272 valence electrons. The zero-order chi connectivity index (χ0) is 61.6. The van der Waals surface area contributed by atoms with Gasteiger partial charge in [0.25, 0.3) is 0 Å². The minimum absolute atomic E-state index is 0.241. The molecule has 0 saturated carbocycles. The fourth-order valence-electron chi connectivity index (χ4n) is 3.51. The third kappa shape index (κ3) is 35.6. The Kier molecular flexibility index (Phi) is 11.2. The van der Waals surface area contributed by atoms with E-state index in [0.717, 1.165) is 32.1 Å². The van der Waals surface area contributed by atoms with Gasteiger partial charge < -0.3 is 19.3 Å². The van der Waals surface area contributed by atoms with Gasteiger partial charge in [-0.25, -0.2) is 4.57 Å². The summed E-state index contributed by atoms with van der Waals surface area (Å²) in [5.74, 6) is -3.57. The molecule has 46 heavy (non-hydrogen) atoms. The van der Waals surface area contributed by atoms with Crippen LogP contribution in [0.5, 0.6) is 0 Å². The molecule has 0 radical (unpaired) electrons. The minimum Gasteiger partial charge on any atom is -0.462 e. The number of phosphoric acid groups is 1. The molecule has 9 heteroatoms. The zero-order valence-corrected chi connectivity index (χ0v) is 27.2. The molecule has 0 bridgehead atoms. The third-order valence-corrected chi connectivity index (χ3v) is 6.17. The number of carbonyl (C=O) groups is 2. The molecule has 1 atom stereocenters.